The molecule has 1 aromatic heterocycles. The lowest BCUT2D eigenvalue weighted by atomic mass is 9.92. The number of nitrogens with zero attached hydrogens (tertiary/aromatic N) is 2. The number of likely N-dealkylation sites (tertiary alicyclic amines) is 1. The van der Waals surface area contributed by atoms with Gasteiger partial charge in [-0.25, -0.2) is 0 Å². The number of pyridine rings is 1. The topological polar surface area (TPSA) is 70.5 Å². The Bertz CT molecular complexity index is 559. The number of carboxylic acid groups (broad SMARTS) is 1. The van der Waals surface area contributed by atoms with Gasteiger partial charge in [0.1, 0.15) is 0 Å². The molecule has 5 nitrogen and oxygen atoms in total. The molecule has 1 saturated heterocycles. The number of halogens is 1. The van der Waals surface area contributed by atoms with E-state index in [1.807, 2.05) is 0 Å². The first kappa shape index (κ1) is 13.5. The summed E-state index contributed by atoms with van der Waals surface area (Å²) in [7, 11) is 0. The van der Waals surface area contributed by atoms with Gasteiger partial charge in [0.05, 0.1) is 11.5 Å². The SMILES string of the molecule is O=C(O)[C@H]1CN(C(=O)c2cncc(Br)c2)C[C@@H]1C1CC1. The summed E-state index contributed by atoms with van der Waals surface area (Å²) < 4.78 is 0.746. The molecule has 1 amide bonds. The van der Waals surface area contributed by atoms with E-state index in [2.05, 4.69) is 20.9 Å². The third-order valence-corrected chi connectivity index (χ3v) is 4.58. The van der Waals surface area contributed by atoms with Gasteiger partial charge in [0.2, 0.25) is 0 Å². The van der Waals surface area contributed by atoms with Crippen molar-refractivity contribution < 1.29 is 14.7 Å². The van der Waals surface area contributed by atoms with E-state index >= 15 is 0 Å². The highest BCUT2D eigenvalue weighted by Crippen LogP contribution is 2.44. The highest BCUT2D eigenvalue weighted by molar-refractivity contribution is 9.10. The molecule has 106 valence electrons. The summed E-state index contributed by atoms with van der Waals surface area (Å²) >= 11 is 3.29. The average molecular weight is 339 g/mol. The fourth-order valence-electron chi connectivity index (χ4n) is 2.97. The predicted octanol–water partition coefficient (Wildman–Crippen LogP) is 2.03. The number of carbonyl (C=O) groups excluding carboxylic acids is 1. The first-order chi connectivity index (χ1) is 9.56. The molecule has 1 saturated carbocycles. The van der Waals surface area contributed by atoms with Crippen LogP contribution >= 0.6 is 15.9 Å². The smallest absolute Gasteiger partial charge is 0.308 e. The third kappa shape index (κ3) is 2.57. The van der Waals surface area contributed by atoms with Gasteiger partial charge in [-0.2, -0.15) is 0 Å². The zero-order valence-electron chi connectivity index (χ0n) is 10.8. The summed E-state index contributed by atoms with van der Waals surface area (Å²) in [4.78, 5) is 29.4. The lowest BCUT2D eigenvalue weighted by molar-refractivity contribution is -0.142. The van der Waals surface area contributed by atoms with Crippen molar-refractivity contribution in [2.75, 3.05) is 13.1 Å². The van der Waals surface area contributed by atoms with E-state index < -0.39 is 11.9 Å². The van der Waals surface area contributed by atoms with E-state index in [1.54, 1.807) is 17.2 Å². The van der Waals surface area contributed by atoms with Gasteiger partial charge in [0.15, 0.2) is 0 Å². The Morgan fingerprint density at radius 3 is 2.65 bits per heavy atom. The Labute approximate surface area is 125 Å². The molecule has 2 heterocycles. The van der Waals surface area contributed by atoms with Gasteiger partial charge in [0, 0.05) is 30.0 Å². The van der Waals surface area contributed by atoms with E-state index in [-0.39, 0.29) is 11.8 Å². The molecule has 20 heavy (non-hydrogen) atoms. The van der Waals surface area contributed by atoms with Crippen LogP contribution in [0.3, 0.4) is 0 Å². The van der Waals surface area contributed by atoms with E-state index in [9.17, 15) is 14.7 Å². The van der Waals surface area contributed by atoms with Crippen LogP contribution in [0.2, 0.25) is 0 Å². The second kappa shape index (κ2) is 5.16. The Morgan fingerprint density at radius 2 is 2.05 bits per heavy atom. The molecule has 3 rings (SSSR count). The Hall–Kier alpha value is -1.43. The maximum Gasteiger partial charge on any atom is 0.308 e. The number of carboxylic acids is 1. The van der Waals surface area contributed by atoms with Crippen molar-refractivity contribution in [2.45, 2.75) is 12.8 Å². The van der Waals surface area contributed by atoms with Gasteiger partial charge >= 0.3 is 5.97 Å². The molecular weight excluding hydrogens is 324 g/mol. The number of rotatable bonds is 3. The maximum atomic E-state index is 12.4. The van der Waals surface area contributed by atoms with E-state index in [0.717, 1.165) is 17.3 Å². The van der Waals surface area contributed by atoms with E-state index in [0.29, 0.717) is 24.6 Å². The lowest BCUT2D eigenvalue weighted by Crippen LogP contribution is -2.30. The molecule has 2 fully saturated rings. The molecule has 1 N–H and O–H groups in total. The highest BCUT2D eigenvalue weighted by Gasteiger charge is 2.46. The molecule has 0 radical (unpaired) electrons. The van der Waals surface area contributed by atoms with Crippen LogP contribution in [0.4, 0.5) is 0 Å². The summed E-state index contributed by atoms with van der Waals surface area (Å²) in [6.45, 7) is 0.856. The minimum Gasteiger partial charge on any atom is -0.481 e. The molecular formula is C14H15BrN2O3. The van der Waals surface area contributed by atoms with Crippen molar-refractivity contribution in [2.24, 2.45) is 17.8 Å². The fourth-order valence-corrected chi connectivity index (χ4v) is 3.33. The van der Waals surface area contributed by atoms with Gasteiger partial charge in [-0.15, -0.1) is 0 Å². The van der Waals surface area contributed by atoms with Crippen molar-refractivity contribution in [1.29, 1.82) is 0 Å². The van der Waals surface area contributed by atoms with Crippen LogP contribution in [0.5, 0.6) is 0 Å². The number of carbonyl (C=O) groups is 2. The largest absolute Gasteiger partial charge is 0.481 e. The van der Waals surface area contributed by atoms with Gasteiger partial charge in [-0.1, -0.05) is 0 Å². The van der Waals surface area contributed by atoms with Crippen molar-refractivity contribution in [1.82, 2.24) is 9.88 Å². The van der Waals surface area contributed by atoms with Crippen LogP contribution in [-0.4, -0.2) is 40.0 Å². The first-order valence-electron chi connectivity index (χ1n) is 6.69. The summed E-state index contributed by atoms with van der Waals surface area (Å²) in [5, 5.41) is 9.32. The van der Waals surface area contributed by atoms with Crippen LogP contribution < -0.4 is 0 Å². The first-order valence-corrected chi connectivity index (χ1v) is 7.48. The maximum absolute atomic E-state index is 12.4. The highest BCUT2D eigenvalue weighted by atomic mass is 79.9. The summed E-state index contributed by atoms with van der Waals surface area (Å²) in [6.07, 6.45) is 5.32. The fraction of sp³-hybridized carbons (Fsp3) is 0.500. The zero-order chi connectivity index (χ0) is 14.3. The van der Waals surface area contributed by atoms with Crippen molar-refractivity contribution >= 4 is 27.8 Å². The zero-order valence-corrected chi connectivity index (χ0v) is 12.4. The summed E-state index contributed by atoms with van der Waals surface area (Å²) in [5.41, 5.74) is 0.500. The Kier molecular flexibility index (Phi) is 3.50. The molecule has 1 aliphatic heterocycles. The number of amides is 1. The number of hydrogen-bond donors (Lipinski definition) is 1. The normalized spacial score (nSPS) is 25.8. The van der Waals surface area contributed by atoms with Gasteiger partial charge in [-0.3, -0.25) is 14.6 Å². The minimum atomic E-state index is -0.787. The monoisotopic (exact) mass is 338 g/mol. The molecule has 2 atom stereocenters. The van der Waals surface area contributed by atoms with Crippen molar-refractivity contribution in [3.8, 4) is 0 Å². The molecule has 0 aromatic carbocycles. The van der Waals surface area contributed by atoms with Gasteiger partial charge in [0.25, 0.3) is 5.91 Å². The van der Waals surface area contributed by atoms with Crippen LogP contribution in [0.15, 0.2) is 22.9 Å². The molecule has 6 heteroatoms. The molecule has 0 unspecified atom stereocenters. The van der Waals surface area contributed by atoms with Crippen LogP contribution in [0.1, 0.15) is 23.2 Å². The Morgan fingerprint density at radius 1 is 1.30 bits per heavy atom. The second-order valence-corrected chi connectivity index (χ2v) is 6.46. The quantitative estimate of drug-likeness (QED) is 0.915. The minimum absolute atomic E-state index is 0.108. The van der Waals surface area contributed by atoms with Crippen LogP contribution in [-0.2, 0) is 4.79 Å². The van der Waals surface area contributed by atoms with Crippen LogP contribution in [0.25, 0.3) is 0 Å². The number of aliphatic carboxylic acids is 1. The second-order valence-electron chi connectivity index (χ2n) is 5.55. The van der Waals surface area contributed by atoms with Crippen molar-refractivity contribution in [3.05, 3.63) is 28.5 Å². The predicted molar refractivity (Wildman–Crippen MR) is 75.2 cm³/mol. The number of aromatic nitrogens is 1. The van der Waals surface area contributed by atoms with Crippen LogP contribution in [0, 0.1) is 17.8 Å². The average Bonchev–Trinajstić information content (AvgIpc) is 3.16. The van der Waals surface area contributed by atoms with Gasteiger partial charge in [-0.05, 0) is 46.7 Å². The number of hydrogen-bond acceptors (Lipinski definition) is 3. The Balaban J connectivity index is 1.78. The molecule has 0 bridgehead atoms. The van der Waals surface area contributed by atoms with E-state index in [4.69, 9.17) is 0 Å². The standard InChI is InChI=1S/C14H15BrN2O3/c15-10-3-9(4-16-5-10)13(18)17-6-11(8-1-2-8)12(7-17)14(19)20/h3-5,8,11-12H,1-2,6-7H2,(H,19,20)/t11-,12+/m1/s1. The third-order valence-electron chi connectivity index (χ3n) is 4.15. The van der Waals surface area contributed by atoms with E-state index in [1.165, 1.54) is 6.20 Å². The summed E-state index contributed by atoms with van der Waals surface area (Å²) in [6, 6.07) is 1.72. The molecule has 1 aliphatic carbocycles. The molecule has 1 aromatic rings. The summed E-state index contributed by atoms with van der Waals surface area (Å²) in [5.74, 6) is -0.754. The lowest BCUT2D eigenvalue weighted by Gasteiger charge is -2.16. The molecule has 0 spiro atoms. The van der Waals surface area contributed by atoms with Gasteiger partial charge < -0.3 is 10.0 Å². The van der Waals surface area contributed by atoms with Crippen molar-refractivity contribution in [3.63, 3.8) is 0 Å². The molecule has 2 aliphatic rings.